The molecule has 0 aliphatic carbocycles. The first-order valence-corrected chi connectivity index (χ1v) is 7.53. The molecule has 2 heterocycles. The van der Waals surface area contributed by atoms with Crippen molar-refractivity contribution in [2.75, 3.05) is 0 Å². The van der Waals surface area contributed by atoms with E-state index in [9.17, 15) is 8.78 Å². The number of nitrogens with zero attached hydrogens (tertiary/aromatic N) is 2. The molecule has 2 aromatic heterocycles. The Hall–Kier alpha value is -2.21. The lowest BCUT2D eigenvalue weighted by Crippen LogP contribution is -2.00. The first-order valence-electron chi connectivity index (χ1n) is 6.71. The maximum atomic E-state index is 13.6. The Morgan fingerprint density at radius 3 is 2.55 bits per heavy atom. The van der Waals surface area contributed by atoms with E-state index in [1.165, 1.54) is 29.5 Å². The van der Waals surface area contributed by atoms with Gasteiger partial charge in [0, 0.05) is 7.05 Å². The zero-order valence-corrected chi connectivity index (χ0v) is 13.0. The van der Waals surface area contributed by atoms with Gasteiger partial charge in [-0.2, -0.15) is 5.10 Å². The van der Waals surface area contributed by atoms with Crippen LogP contribution in [-0.4, -0.2) is 9.78 Å². The Bertz CT molecular complexity index is 790. The molecule has 0 saturated heterocycles. The summed E-state index contributed by atoms with van der Waals surface area (Å²) in [5.41, 5.74) is 1.85. The van der Waals surface area contributed by atoms with E-state index in [1.54, 1.807) is 10.7 Å². The topological polar surface area (TPSA) is 27.1 Å². The number of benzene rings is 1. The van der Waals surface area contributed by atoms with Crippen LogP contribution in [-0.2, 0) is 13.7 Å². The number of rotatable bonds is 4. The van der Waals surface area contributed by atoms with E-state index in [0.29, 0.717) is 5.06 Å². The second-order valence-corrected chi connectivity index (χ2v) is 5.95. The van der Waals surface area contributed by atoms with Crippen LogP contribution in [0, 0.1) is 18.6 Å². The van der Waals surface area contributed by atoms with Gasteiger partial charge in [0.2, 0.25) is 0 Å². The fourth-order valence-electron chi connectivity index (χ4n) is 2.19. The molecule has 6 heteroatoms. The Morgan fingerprint density at radius 2 is 1.91 bits per heavy atom. The first-order chi connectivity index (χ1) is 10.5. The number of ether oxygens (including phenoxy) is 1. The molecule has 0 N–H and O–H groups in total. The maximum absolute atomic E-state index is 13.6. The molecular formula is C16H14F2N2OS. The molecule has 3 rings (SSSR count). The number of hydrogen-bond acceptors (Lipinski definition) is 3. The average molecular weight is 320 g/mol. The van der Waals surface area contributed by atoms with Crippen LogP contribution in [0.5, 0.6) is 5.06 Å². The number of aryl methyl sites for hydroxylation is 2. The van der Waals surface area contributed by atoms with Crippen molar-refractivity contribution < 1.29 is 13.5 Å². The van der Waals surface area contributed by atoms with Crippen LogP contribution in [0.4, 0.5) is 8.78 Å². The molecule has 3 nitrogen and oxygen atoms in total. The zero-order chi connectivity index (χ0) is 15.7. The van der Waals surface area contributed by atoms with Crippen LogP contribution >= 0.6 is 11.3 Å². The molecule has 0 fully saturated rings. The summed E-state index contributed by atoms with van der Waals surface area (Å²) in [6.45, 7) is 1.79. The van der Waals surface area contributed by atoms with Crippen molar-refractivity contribution in [1.29, 1.82) is 0 Å². The third kappa shape index (κ3) is 2.87. The van der Waals surface area contributed by atoms with Gasteiger partial charge in [0.1, 0.15) is 18.2 Å². The first kappa shape index (κ1) is 14.7. The van der Waals surface area contributed by atoms with Gasteiger partial charge in [0.05, 0.1) is 21.8 Å². The van der Waals surface area contributed by atoms with Crippen molar-refractivity contribution in [2.45, 2.75) is 13.5 Å². The molecule has 22 heavy (non-hydrogen) atoms. The standard InChI is InChI=1S/C16H14F2N2OS/c1-10-8-14(20(2)19-10)15-6-7-16(22-15)21-9-11-12(17)4-3-5-13(11)18/h3-8H,9H2,1-2H3. The molecule has 0 radical (unpaired) electrons. The Labute approximate surface area is 130 Å². The summed E-state index contributed by atoms with van der Waals surface area (Å²) in [6.07, 6.45) is 0. The fourth-order valence-corrected chi connectivity index (χ4v) is 3.09. The Morgan fingerprint density at radius 1 is 1.18 bits per heavy atom. The Kier molecular flexibility index (Phi) is 3.94. The second-order valence-electron chi connectivity index (χ2n) is 4.90. The van der Waals surface area contributed by atoms with E-state index < -0.39 is 11.6 Å². The normalized spacial score (nSPS) is 10.9. The van der Waals surface area contributed by atoms with Crippen molar-refractivity contribution in [3.8, 4) is 15.6 Å². The molecular weight excluding hydrogens is 306 g/mol. The van der Waals surface area contributed by atoms with Crippen LogP contribution in [0.2, 0.25) is 0 Å². The van der Waals surface area contributed by atoms with Gasteiger partial charge in [0.15, 0.2) is 5.06 Å². The molecule has 3 aromatic rings. The third-order valence-corrected chi connectivity index (χ3v) is 4.28. The second kappa shape index (κ2) is 5.88. The quantitative estimate of drug-likeness (QED) is 0.716. The molecule has 114 valence electrons. The van der Waals surface area contributed by atoms with Gasteiger partial charge in [-0.3, -0.25) is 4.68 Å². The third-order valence-electron chi connectivity index (χ3n) is 3.26. The highest BCUT2D eigenvalue weighted by atomic mass is 32.1. The molecule has 0 spiro atoms. The van der Waals surface area contributed by atoms with Gasteiger partial charge in [-0.05, 0) is 37.3 Å². The smallest absolute Gasteiger partial charge is 0.174 e. The Balaban J connectivity index is 1.76. The van der Waals surface area contributed by atoms with Crippen LogP contribution in [0.15, 0.2) is 36.4 Å². The van der Waals surface area contributed by atoms with E-state index in [2.05, 4.69) is 5.10 Å². The SMILES string of the molecule is Cc1cc(-c2ccc(OCc3c(F)cccc3F)s2)n(C)n1. The van der Waals surface area contributed by atoms with Crippen molar-refractivity contribution in [1.82, 2.24) is 9.78 Å². The number of hydrogen-bond donors (Lipinski definition) is 0. The van der Waals surface area contributed by atoms with Crippen molar-refractivity contribution in [3.05, 3.63) is 59.3 Å². The van der Waals surface area contributed by atoms with E-state index in [0.717, 1.165) is 16.3 Å². The minimum Gasteiger partial charge on any atom is -0.479 e. The van der Waals surface area contributed by atoms with Gasteiger partial charge in [-0.1, -0.05) is 17.4 Å². The summed E-state index contributed by atoms with van der Waals surface area (Å²) in [5.74, 6) is -1.20. The van der Waals surface area contributed by atoms with Crippen LogP contribution in [0.25, 0.3) is 10.6 Å². The van der Waals surface area contributed by atoms with Crippen LogP contribution in [0.1, 0.15) is 11.3 Å². The van der Waals surface area contributed by atoms with Gasteiger partial charge in [-0.25, -0.2) is 8.78 Å². The maximum Gasteiger partial charge on any atom is 0.174 e. The predicted octanol–water partition coefficient (Wildman–Crippen LogP) is 4.31. The summed E-state index contributed by atoms with van der Waals surface area (Å²) < 4.78 is 34.4. The average Bonchev–Trinajstić information content (AvgIpc) is 3.04. The molecule has 0 aliphatic heterocycles. The predicted molar refractivity (Wildman–Crippen MR) is 81.9 cm³/mol. The summed E-state index contributed by atoms with van der Waals surface area (Å²) in [6, 6.07) is 9.46. The summed E-state index contributed by atoms with van der Waals surface area (Å²) >= 11 is 1.42. The lowest BCUT2D eigenvalue weighted by atomic mass is 10.2. The van der Waals surface area contributed by atoms with Gasteiger partial charge >= 0.3 is 0 Å². The largest absolute Gasteiger partial charge is 0.479 e. The number of halogens is 2. The summed E-state index contributed by atoms with van der Waals surface area (Å²) in [7, 11) is 1.87. The minimum atomic E-state index is -0.598. The fraction of sp³-hybridized carbons (Fsp3) is 0.188. The molecule has 0 bridgehead atoms. The van der Waals surface area contributed by atoms with Gasteiger partial charge in [-0.15, -0.1) is 0 Å². The van der Waals surface area contributed by atoms with Crippen molar-refractivity contribution in [3.63, 3.8) is 0 Å². The lowest BCUT2D eigenvalue weighted by molar-refractivity contribution is 0.301. The highest BCUT2D eigenvalue weighted by Crippen LogP contribution is 2.33. The lowest BCUT2D eigenvalue weighted by Gasteiger charge is -2.05. The van der Waals surface area contributed by atoms with Crippen molar-refractivity contribution in [2.24, 2.45) is 7.05 Å². The molecule has 1 aromatic carbocycles. The van der Waals surface area contributed by atoms with E-state index in [-0.39, 0.29) is 12.2 Å². The summed E-state index contributed by atoms with van der Waals surface area (Å²) in [4.78, 5) is 0.993. The molecule has 0 amide bonds. The van der Waals surface area contributed by atoms with Crippen LogP contribution in [0.3, 0.4) is 0 Å². The minimum absolute atomic E-state index is 0.0613. The van der Waals surface area contributed by atoms with E-state index >= 15 is 0 Å². The molecule has 0 atom stereocenters. The van der Waals surface area contributed by atoms with Gasteiger partial charge in [0.25, 0.3) is 0 Å². The highest BCUT2D eigenvalue weighted by molar-refractivity contribution is 7.17. The van der Waals surface area contributed by atoms with Gasteiger partial charge < -0.3 is 4.74 Å². The highest BCUT2D eigenvalue weighted by Gasteiger charge is 2.12. The summed E-state index contributed by atoms with van der Waals surface area (Å²) in [5, 5.41) is 4.90. The van der Waals surface area contributed by atoms with E-state index in [1.807, 2.05) is 26.1 Å². The van der Waals surface area contributed by atoms with Crippen molar-refractivity contribution >= 4 is 11.3 Å². The number of aromatic nitrogens is 2. The monoisotopic (exact) mass is 320 g/mol. The van der Waals surface area contributed by atoms with E-state index in [4.69, 9.17) is 4.74 Å². The molecule has 0 aliphatic rings. The number of thiophene rings is 1. The zero-order valence-electron chi connectivity index (χ0n) is 12.1. The molecule has 0 saturated carbocycles. The molecule has 0 unspecified atom stereocenters. The van der Waals surface area contributed by atoms with Crippen LogP contribution < -0.4 is 4.74 Å².